The first-order chi connectivity index (χ1) is 9.70. The third-order valence-electron chi connectivity index (χ3n) is 3.01. The number of carbonyl (C=O) groups excluding carboxylic acids is 1. The molecule has 0 atom stereocenters. The highest BCUT2D eigenvalue weighted by molar-refractivity contribution is 7.97. The lowest BCUT2D eigenvalue weighted by atomic mass is 10.1. The van der Waals surface area contributed by atoms with Gasteiger partial charge in [-0.25, -0.2) is 0 Å². The normalized spacial score (nSPS) is 10.7. The molecule has 0 spiro atoms. The monoisotopic (exact) mass is 293 g/mol. The molecule has 0 aromatic carbocycles. The smallest absolute Gasteiger partial charge is 0.286 e. The highest BCUT2D eigenvalue weighted by Gasteiger charge is 2.10. The van der Waals surface area contributed by atoms with Gasteiger partial charge in [0, 0.05) is 12.2 Å². The summed E-state index contributed by atoms with van der Waals surface area (Å²) in [5.41, 5.74) is 2.28. The van der Waals surface area contributed by atoms with Gasteiger partial charge in [0.1, 0.15) is 5.76 Å². The van der Waals surface area contributed by atoms with Gasteiger partial charge in [0.05, 0.1) is 11.9 Å². The quantitative estimate of drug-likeness (QED) is 0.770. The molecular weight excluding hydrogens is 274 g/mol. The van der Waals surface area contributed by atoms with Gasteiger partial charge in [-0.05, 0) is 43.7 Å². The number of hydrogen-bond donors (Lipinski definition) is 2. The molecule has 0 unspecified atom stereocenters. The first kappa shape index (κ1) is 14.7. The summed E-state index contributed by atoms with van der Waals surface area (Å²) >= 11 is 1.67. The van der Waals surface area contributed by atoms with Crippen LogP contribution in [0.15, 0.2) is 22.7 Å². The van der Waals surface area contributed by atoms with Gasteiger partial charge in [-0.15, -0.1) is 0 Å². The second kappa shape index (κ2) is 7.19. The Balaban J connectivity index is 1.73. The third kappa shape index (κ3) is 3.90. The molecule has 108 valence electrons. The van der Waals surface area contributed by atoms with Crippen molar-refractivity contribution < 1.29 is 9.21 Å². The fourth-order valence-electron chi connectivity index (χ4n) is 1.92. The molecular formula is C14H19N3O2S. The van der Waals surface area contributed by atoms with E-state index in [0.717, 1.165) is 30.0 Å². The van der Waals surface area contributed by atoms with Gasteiger partial charge in [-0.2, -0.15) is 16.9 Å². The van der Waals surface area contributed by atoms with Gasteiger partial charge >= 0.3 is 0 Å². The molecule has 0 saturated carbocycles. The van der Waals surface area contributed by atoms with Crippen LogP contribution in [0.25, 0.3) is 0 Å². The van der Waals surface area contributed by atoms with E-state index < -0.39 is 0 Å². The number of furan rings is 1. The highest BCUT2D eigenvalue weighted by atomic mass is 32.2. The maximum absolute atomic E-state index is 11.9. The van der Waals surface area contributed by atoms with Gasteiger partial charge in [0.2, 0.25) is 0 Å². The lowest BCUT2D eigenvalue weighted by Gasteiger charge is -2.03. The number of thioether (sulfide) groups is 1. The maximum atomic E-state index is 11.9. The molecule has 0 aliphatic carbocycles. The minimum atomic E-state index is -0.152. The van der Waals surface area contributed by atoms with Gasteiger partial charge in [0.15, 0.2) is 5.76 Å². The zero-order valence-electron chi connectivity index (χ0n) is 11.7. The summed E-state index contributed by atoms with van der Waals surface area (Å²) in [6, 6.07) is 3.57. The molecule has 0 fully saturated rings. The molecule has 6 heteroatoms. The van der Waals surface area contributed by atoms with E-state index >= 15 is 0 Å². The van der Waals surface area contributed by atoms with Crippen molar-refractivity contribution in [3.63, 3.8) is 0 Å². The van der Waals surface area contributed by atoms with Crippen molar-refractivity contribution in [2.45, 2.75) is 25.5 Å². The molecule has 1 amide bonds. The fraction of sp³-hybridized carbons (Fsp3) is 0.429. The third-order valence-corrected chi connectivity index (χ3v) is 3.59. The molecule has 0 aliphatic rings. The zero-order valence-corrected chi connectivity index (χ0v) is 12.5. The van der Waals surface area contributed by atoms with E-state index in [2.05, 4.69) is 15.5 Å². The van der Waals surface area contributed by atoms with E-state index in [1.54, 1.807) is 17.8 Å². The number of aryl methyl sites for hydroxylation is 2. The predicted molar refractivity (Wildman–Crippen MR) is 79.9 cm³/mol. The molecule has 5 nitrogen and oxygen atoms in total. The van der Waals surface area contributed by atoms with E-state index in [9.17, 15) is 4.79 Å². The Morgan fingerprint density at radius 2 is 2.35 bits per heavy atom. The minimum absolute atomic E-state index is 0.152. The highest BCUT2D eigenvalue weighted by Crippen LogP contribution is 2.13. The largest absolute Gasteiger partial charge is 0.455 e. The first-order valence-corrected chi connectivity index (χ1v) is 7.94. The van der Waals surface area contributed by atoms with Crippen molar-refractivity contribution >= 4 is 17.7 Å². The van der Waals surface area contributed by atoms with Crippen molar-refractivity contribution in [3.05, 3.63) is 41.1 Å². The number of H-pyrrole nitrogens is 1. The van der Waals surface area contributed by atoms with Crippen molar-refractivity contribution in [2.24, 2.45) is 0 Å². The second-order valence-corrected chi connectivity index (χ2v) is 5.44. The van der Waals surface area contributed by atoms with Gasteiger partial charge < -0.3 is 9.73 Å². The minimum Gasteiger partial charge on any atom is -0.455 e. The Hall–Kier alpha value is -1.69. The Morgan fingerprint density at radius 1 is 1.50 bits per heavy atom. The van der Waals surface area contributed by atoms with Crippen LogP contribution in [0.1, 0.15) is 34.0 Å². The van der Waals surface area contributed by atoms with Gasteiger partial charge in [0.25, 0.3) is 5.91 Å². The molecule has 2 N–H and O–H groups in total. The van der Waals surface area contributed by atoms with Gasteiger partial charge in [-0.3, -0.25) is 9.89 Å². The number of amides is 1. The second-order valence-electron chi connectivity index (χ2n) is 4.58. The molecule has 0 bridgehead atoms. The average Bonchev–Trinajstić information content (AvgIpc) is 3.05. The van der Waals surface area contributed by atoms with Crippen molar-refractivity contribution in [3.8, 4) is 0 Å². The van der Waals surface area contributed by atoms with Crippen LogP contribution in [0, 0.1) is 6.92 Å². The number of nitrogens with zero attached hydrogens (tertiary/aromatic N) is 1. The molecule has 2 heterocycles. The van der Waals surface area contributed by atoms with Crippen molar-refractivity contribution in [1.29, 1.82) is 0 Å². The summed E-state index contributed by atoms with van der Waals surface area (Å²) in [7, 11) is 0. The molecule has 2 aromatic rings. The molecule has 2 rings (SSSR count). The summed E-state index contributed by atoms with van der Waals surface area (Å²) in [6.45, 7) is 2.62. The summed E-state index contributed by atoms with van der Waals surface area (Å²) in [5.74, 6) is 1.85. The van der Waals surface area contributed by atoms with Crippen LogP contribution in [0.2, 0.25) is 0 Å². The van der Waals surface area contributed by atoms with E-state index in [0.29, 0.717) is 12.3 Å². The molecule has 2 aromatic heterocycles. The van der Waals surface area contributed by atoms with Crippen LogP contribution in [0.5, 0.6) is 0 Å². The summed E-state index contributed by atoms with van der Waals surface area (Å²) in [4.78, 5) is 11.9. The van der Waals surface area contributed by atoms with Crippen LogP contribution >= 0.6 is 11.8 Å². The lowest BCUT2D eigenvalue weighted by Crippen LogP contribution is -2.24. The Morgan fingerprint density at radius 3 is 3.05 bits per heavy atom. The molecule has 0 radical (unpaired) electrons. The Bertz CT molecular complexity index is 562. The van der Waals surface area contributed by atoms with Crippen molar-refractivity contribution in [2.75, 3.05) is 12.8 Å². The maximum Gasteiger partial charge on any atom is 0.286 e. The Labute approximate surface area is 122 Å². The standard InChI is InChI=1S/C14H19N3O2S/c1-10-11(8-16-17-10)4-3-7-15-14(18)13-6-5-12(19-13)9-20-2/h5-6,8H,3-4,7,9H2,1-2H3,(H,15,18)(H,16,17). The Kier molecular flexibility index (Phi) is 5.29. The summed E-state index contributed by atoms with van der Waals surface area (Å²) in [6.07, 6.45) is 5.61. The number of aromatic amines is 1. The summed E-state index contributed by atoms with van der Waals surface area (Å²) < 4.78 is 5.46. The van der Waals surface area contributed by atoms with E-state index in [4.69, 9.17) is 4.42 Å². The SMILES string of the molecule is CSCc1ccc(C(=O)NCCCc2cn[nH]c2C)o1. The predicted octanol–water partition coefficient (Wildman–Crippen LogP) is 2.54. The van der Waals surface area contributed by atoms with E-state index in [1.165, 1.54) is 5.56 Å². The van der Waals surface area contributed by atoms with Crippen LogP contribution < -0.4 is 5.32 Å². The number of nitrogens with one attached hydrogen (secondary N) is 2. The molecule has 20 heavy (non-hydrogen) atoms. The topological polar surface area (TPSA) is 70.9 Å². The van der Waals surface area contributed by atoms with Crippen LogP contribution in [-0.4, -0.2) is 28.9 Å². The van der Waals surface area contributed by atoms with Crippen LogP contribution in [-0.2, 0) is 12.2 Å². The fourth-order valence-corrected chi connectivity index (χ4v) is 2.36. The summed E-state index contributed by atoms with van der Waals surface area (Å²) in [5, 5.41) is 9.74. The van der Waals surface area contributed by atoms with Crippen LogP contribution in [0.3, 0.4) is 0 Å². The average molecular weight is 293 g/mol. The van der Waals surface area contributed by atoms with E-state index in [-0.39, 0.29) is 5.91 Å². The van der Waals surface area contributed by atoms with E-state index in [1.807, 2.05) is 25.4 Å². The first-order valence-electron chi connectivity index (χ1n) is 6.55. The number of hydrogen-bond acceptors (Lipinski definition) is 4. The number of rotatable bonds is 7. The molecule has 0 aliphatic heterocycles. The zero-order chi connectivity index (χ0) is 14.4. The van der Waals surface area contributed by atoms with Crippen molar-refractivity contribution in [1.82, 2.24) is 15.5 Å². The number of carbonyl (C=O) groups is 1. The van der Waals surface area contributed by atoms with Crippen LogP contribution in [0.4, 0.5) is 0 Å². The molecule has 0 saturated heterocycles. The number of aromatic nitrogens is 2. The van der Waals surface area contributed by atoms with Gasteiger partial charge in [-0.1, -0.05) is 0 Å². The lowest BCUT2D eigenvalue weighted by molar-refractivity contribution is 0.0924.